The first-order valence-electron chi connectivity index (χ1n) is 10.0. The van der Waals surface area contributed by atoms with Crippen LogP contribution >= 0.6 is 0 Å². The van der Waals surface area contributed by atoms with Crippen LogP contribution in [0, 0.1) is 6.57 Å². The number of ether oxygens (including phenoxy) is 1. The molecule has 0 bridgehead atoms. The Morgan fingerprint density at radius 1 is 1.26 bits per heavy atom. The van der Waals surface area contributed by atoms with Crippen molar-refractivity contribution in [3.05, 3.63) is 69.6 Å². The van der Waals surface area contributed by atoms with Gasteiger partial charge in [0.25, 0.3) is 5.56 Å². The second-order valence-corrected chi connectivity index (χ2v) is 7.51. The van der Waals surface area contributed by atoms with Crippen LogP contribution in [0.5, 0.6) is 5.75 Å². The highest BCUT2D eigenvalue weighted by molar-refractivity contribution is 5.94. The molecule has 1 aliphatic rings. The summed E-state index contributed by atoms with van der Waals surface area (Å²) in [4.78, 5) is 16.0. The second kappa shape index (κ2) is 7.38. The van der Waals surface area contributed by atoms with Crippen molar-refractivity contribution in [1.29, 1.82) is 0 Å². The largest absolute Gasteiger partial charge is 0.504 e. The summed E-state index contributed by atoms with van der Waals surface area (Å²) in [5.41, 5.74) is 11.1. The molecule has 0 fully saturated rings. The van der Waals surface area contributed by atoms with Gasteiger partial charge in [0.15, 0.2) is 0 Å². The Hall–Kier alpha value is -3.96. The summed E-state index contributed by atoms with van der Waals surface area (Å²) in [5.74, 6) is 0.672. The standard InChI is InChI=1S/C23H20N6O2/c1-25-20-16(8-5-13-4-3-9-31-22(13)20)21-18(12-26-29(21)2)14-6-7-15-17(10-14)19(11-24)27-28-23(15)30/h5-8,10,12H,3-4,9,11,24H2,2H3,(H,28,30). The molecule has 0 radical (unpaired) electrons. The second-order valence-electron chi connectivity index (χ2n) is 7.51. The van der Waals surface area contributed by atoms with Crippen molar-refractivity contribution in [2.24, 2.45) is 12.8 Å². The molecular formula is C23H20N6O2. The number of aromatic amines is 1. The maximum atomic E-state index is 12.2. The number of fused-ring (bicyclic) bond motifs is 2. The smallest absolute Gasteiger partial charge is 0.272 e. The van der Waals surface area contributed by atoms with E-state index >= 15 is 0 Å². The van der Waals surface area contributed by atoms with Gasteiger partial charge >= 0.3 is 0 Å². The van der Waals surface area contributed by atoms with Crippen LogP contribution in [0.3, 0.4) is 0 Å². The molecule has 0 saturated heterocycles. The molecule has 1 aliphatic heterocycles. The summed E-state index contributed by atoms with van der Waals surface area (Å²) in [6.07, 6.45) is 3.63. The monoisotopic (exact) mass is 412 g/mol. The number of hydrogen-bond donors (Lipinski definition) is 2. The fraction of sp³-hybridized carbons (Fsp3) is 0.217. The lowest BCUT2D eigenvalue weighted by atomic mass is 9.95. The molecule has 5 rings (SSSR count). The van der Waals surface area contributed by atoms with Gasteiger partial charge < -0.3 is 10.5 Å². The number of nitrogens with zero attached hydrogens (tertiary/aromatic N) is 4. The molecule has 2 aromatic carbocycles. The van der Waals surface area contributed by atoms with Crippen molar-refractivity contribution in [3.63, 3.8) is 0 Å². The van der Waals surface area contributed by atoms with Crippen LogP contribution in [0.2, 0.25) is 0 Å². The highest BCUT2D eigenvalue weighted by Crippen LogP contribution is 2.45. The molecule has 0 atom stereocenters. The average Bonchev–Trinajstić information content (AvgIpc) is 3.19. The predicted octanol–water partition coefficient (Wildman–Crippen LogP) is 3.33. The summed E-state index contributed by atoms with van der Waals surface area (Å²) in [6.45, 7) is 8.64. The molecule has 0 aliphatic carbocycles. The minimum absolute atomic E-state index is 0.209. The van der Waals surface area contributed by atoms with E-state index in [1.807, 2.05) is 31.3 Å². The van der Waals surface area contributed by atoms with E-state index in [1.165, 1.54) is 0 Å². The molecule has 0 amide bonds. The Morgan fingerprint density at radius 3 is 2.94 bits per heavy atom. The summed E-state index contributed by atoms with van der Waals surface area (Å²) in [5, 5.41) is 12.3. The predicted molar refractivity (Wildman–Crippen MR) is 118 cm³/mol. The molecule has 31 heavy (non-hydrogen) atoms. The third-order valence-electron chi connectivity index (χ3n) is 5.73. The SMILES string of the molecule is [C-]#[N+]c1c(-c2c(-c3ccc4c(=O)[nH]nc(CN)c4c3)cnn2C)ccc2c1OCCC2. The van der Waals surface area contributed by atoms with Crippen LogP contribution in [-0.2, 0) is 20.0 Å². The minimum Gasteiger partial charge on any atom is -0.504 e. The van der Waals surface area contributed by atoms with E-state index in [-0.39, 0.29) is 12.1 Å². The molecule has 3 heterocycles. The molecule has 3 N–H and O–H groups in total. The number of H-pyrrole nitrogens is 1. The first-order valence-corrected chi connectivity index (χ1v) is 10.0. The first-order chi connectivity index (χ1) is 15.1. The van der Waals surface area contributed by atoms with Crippen molar-refractivity contribution in [2.45, 2.75) is 19.4 Å². The zero-order chi connectivity index (χ0) is 21.5. The van der Waals surface area contributed by atoms with Crippen LogP contribution < -0.4 is 16.0 Å². The number of rotatable bonds is 3. The fourth-order valence-electron chi connectivity index (χ4n) is 4.22. The molecule has 8 nitrogen and oxygen atoms in total. The summed E-state index contributed by atoms with van der Waals surface area (Å²) < 4.78 is 7.63. The first kappa shape index (κ1) is 19.0. The molecule has 0 spiro atoms. The fourth-order valence-corrected chi connectivity index (χ4v) is 4.22. The van der Waals surface area contributed by atoms with Crippen LogP contribution in [0.15, 0.2) is 41.3 Å². The Labute approximate surface area is 178 Å². The molecular weight excluding hydrogens is 392 g/mol. The van der Waals surface area contributed by atoms with Crippen molar-refractivity contribution in [2.75, 3.05) is 6.61 Å². The Kier molecular flexibility index (Phi) is 4.53. The zero-order valence-electron chi connectivity index (χ0n) is 17.0. The minimum atomic E-state index is -0.257. The third-order valence-corrected chi connectivity index (χ3v) is 5.73. The van der Waals surface area contributed by atoms with Gasteiger partial charge in [0.2, 0.25) is 5.69 Å². The van der Waals surface area contributed by atoms with E-state index in [0.29, 0.717) is 34.5 Å². The Balaban J connectivity index is 1.74. The van der Waals surface area contributed by atoms with Crippen LogP contribution in [-0.4, -0.2) is 26.6 Å². The Bertz CT molecular complexity index is 1430. The number of benzene rings is 2. The number of nitrogens with two attached hydrogens (primary N) is 1. The lowest BCUT2D eigenvalue weighted by molar-refractivity contribution is 0.290. The van der Waals surface area contributed by atoms with Gasteiger partial charge in [-0.3, -0.25) is 9.48 Å². The van der Waals surface area contributed by atoms with Crippen molar-refractivity contribution >= 4 is 16.5 Å². The van der Waals surface area contributed by atoms with Crippen LogP contribution in [0.25, 0.3) is 38.0 Å². The molecule has 0 unspecified atom stereocenters. The summed E-state index contributed by atoms with van der Waals surface area (Å²) >= 11 is 0. The van der Waals surface area contributed by atoms with Crippen LogP contribution in [0.1, 0.15) is 17.7 Å². The van der Waals surface area contributed by atoms with E-state index < -0.39 is 0 Å². The maximum absolute atomic E-state index is 12.2. The zero-order valence-corrected chi connectivity index (χ0v) is 17.0. The summed E-state index contributed by atoms with van der Waals surface area (Å²) in [6, 6.07) is 9.57. The van der Waals surface area contributed by atoms with Gasteiger partial charge in [0.1, 0.15) is 5.75 Å². The van der Waals surface area contributed by atoms with E-state index in [4.69, 9.17) is 17.0 Å². The topological polar surface area (TPSA) is 103 Å². The molecule has 154 valence electrons. The van der Waals surface area contributed by atoms with Gasteiger partial charge in [0.05, 0.1) is 36.1 Å². The van der Waals surface area contributed by atoms with Crippen molar-refractivity contribution in [1.82, 2.24) is 20.0 Å². The van der Waals surface area contributed by atoms with E-state index in [2.05, 4.69) is 20.1 Å². The highest BCUT2D eigenvalue weighted by Gasteiger charge is 2.23. The van der Waals surface area contributed by atoms with Crippen molar-refractivity contribution < 1.29 is 4.74 Å². The maximum Gasteiger partial charge on any atom is 0.272 e. The average molecular weight is 412 g/mol. The van der Waals surface area contributed by atoms with E-state index in [9.17, 15) is 4.79 Å². The molecule has 2 aromatic heterocycles. The van der Waals surface area contributed by atoms with Crippen molar-refractivity contribution in [3.8, 4) is 28.1 Å². The molecule has 0 saturated carbocycles. The van der Waals surface area contributed by atoms with Gasteiger partial charge in [0, 0.05) is 30.1 Å². The van der Waals surface area contributed by atoms with Gasteiger partial charge in [-0.15, -0.1) is 0 Å². The van der Waals surface area contributed by atoms with E-state index in [0.717, 1.165) is 40.8 Å². The normalized spacial score (nSPS) is 12.9. The lowest BCUT2D eigenvalue weighted by Gasteiger charge is -2.20. The van der Waals surface area contributed by atoms with Gasteiger partial charge in [-0.25, -0.2) is 9.94 Å². The third kappa shape index (κ3) is 2.98. The van der Waals surface area contributed by atoms with E-state index in [1.54, 1.807) is 16.9 Å². The number of hydrogen-bond acceptors (Lipinski definition) is 5. The highest BCUT2D eigenvalue weighted by atomic mass is 16.5. The van der Waals surface area contributed by atoms with Gasteiger partial charge in [-0.2, -0.15) is 10.2 Å². The Morgan fingerprint density at radius 2 is 2.13 bits per heavy atom. The number of aryl methyl sites for hydroxylation is 2. The van der Waals surface area contributed by atoms with Gasteiger partial charge in [-0.1, -0.05) is 18.2 Å². The quantitative estimate of drug-likeness (QED) is 0.503. The molecule has 4 aromatic rings. The summed E-state index contributed by atoms with van der Waals surface area (Å²) in [7, 11) is 1.85. The van der Waals surface area contributed by atoms with Gasteiger partial charge in [-0.05, 0) is 36.1 Å². The molecule has 8 heteroatoms. The number of nitrogens with one attached hydrogen (secondary N) is 1. The van der Waals surface area contributed by atoms with Crippen LogP contribution in [0.4, 0.5) is 5.69 Å². The lowest BCUT2D eigenvalue weighted by Crippen LogP contribution is -2.13. The number of aromatic nitrogens is 4.